The fraction of sp³-hybridized carbons (Fsp3) is 0.640. The summed E-state index contributed by atoms with van der Waals surface area (Å²) in [4.78, 5) is 41.0. The molecule has 4 unspecified atom stereocenters. The molecule has 1 saturated carbocycles. The molecule has 0 bridgehead atoms. The number of nitrogens with one attached hydrogen (secondary N) is 2. The van der Waals surface area contributed by atoms with Gasteiger partial charge in [0.05, 0.1) is 0 Å². The highest BCUT2D eigenvalue weighted by molar-refractivity contribution is 5.92. The highest BCUT2D eigenvalue weighted by Gasteiger charge is 2.47. The van der Waals surface area contributed by atoms with E-state index in [0.717, 1.165) is 23.1 Å². The summed E-state index contributed by atoms with van der Waals surface area (Å²) in [5.41, 5.74) is 2.17. The van der Waals surface area contributed by atoms with Crippen molar-refractivity contribution in [1.82, 2.24) is 15.5 Å². The molecule has 0 saturated heterocycles. The minimum atomic E-state index is -0.835. The molecule has 1 aliphatic carbocycles. The van der Waals surface area contributed by atoms with Gasteiger partial charge in [-0.15, -0.1) is 0 Å². The standard InChI is InChI=1S/C25H39N3O4/c1-14(2)26-22(29)21(19-11-10-15(3)12-16(19)4)28(20-13-17(20)5)23(30)18(6)27-24(31)32-25(7,8)9/h10-12,14,17-18,20-21H,13H2,1-9H3,(H,26,29)(H,27,31). The van der Waals surface area contributed by atoms with Crippen molar-refractivity contribution >= 4 is 17.9 Å². The van der Waals surface area contributed by atoms with Crippen LogP contribution in [0.15, 0.2) is 18.2 Å². The number of ether oxygens (including phenoxy) is 1. The quantitative estimate of drug-likeness (QED) is 0.664. The lowest BCUT2D eigenvalue weighted by Gasteiger charge is -2.35. The Morgan fingerprint density at radius 3 is 2.16 bits per heavy atom. The second-order valence-corrected chi connectivity index (χ2v) is 10.3. The maximum Gasteiger partial charge on any atom is 0.408 e. The van der Waals surface area contributed by atoms with Crippen LogP contribution in [0.5, 0.6) is 0 Å². The minimum Gasteiger partial charge on any atom is -0.444 e. The molecule has 32 heavy (non-hydrogen) atoms. The molecular weight excluding hydrogens is 406 g/mol. The van der Waals surface area contributed by atoms with Crippen molar-refractivity contribution < 1.29 is 19.1 Å². The van der Waals surface area contributed by atoms with Crippen LogP contribution in [0.1, 0.15) is 77.6 Å². The van der Waals surface area contributed by atoms with Crippen LogP contribution in [0.3, 0.4) is 0 Å². The van der Waals surface area contributed by atoms with Gasteiger partial charge in [0.1, 0.15) is 17.7 Å². The third-order valence-corrected chi connectivity index (χ3v) is 5.46. The maximum atomic E-state index is 13.6. The number of carbonyl (C=O) groups excluding carboxylic acids is 3. The van der Waals surface area contributed by atoms with Crippen molar-refractivity contribution in [1.29, 1.82) is 0 Å². The summed E-state index contributed by atoms with van der Waals surface area (Å²) < 4.78 is 5.31. The second kappa shape index (κ2) is 9.92. The minimum absolute atomic E-state index is 0.0611. The van der Waals surface area contributed by atoms with Gasteiger partial charge < -0.3 is 20.3 Å². The summed E-state index contributed by atoms with van der Waals surface area (Å²) in [6, 6.07) is 4.16. The molecule has 0 radical (unpaired) electrons. The first-order valence-corrected chi connectivity index (χ1v) is 11.4. The zero-order valence-electron chi connectivity index (χ0n) is 20.9. The zero-order valence-corrected chi connectivity index (χ0v) is 20.9. The van der Waals surface area contributed by atoms with E-state index in [-0.39, 0.29) is 29.8 Å². The van der Waals surface area contributed by atoms with Crippen LogP contribution < -0.4 is 10.6 Å². The lowest BCUT2D eigenvalue weighted by atomic mass is 9.96. The van der Waals surface area contributed by atoms with Crippen molar-refractivity contribution in [3.05, 3.63) is 34.9 Å². The van der Waals surface area contributed by atoms with Crippen LogP contribution in [0.25, 0.3) is 0 Å². The number of nitrogens with zero attached hydrogens (tertiary/aromatic N) is 1. The number of benzene rings is 1. The van der Waals surface area contributed by atoms with E-state index in [2.05, 4.69) is 17.6 Å². The summed E-state index contributed by atoms with van der Waals surface area (Å²) in [7, 11) is 0. The molecule has 1 aromatic carbocycles. The molecule has 0 spiro atoms. The van der Waals surface area contributed by atoms with Gasteiger partial charge in [-0.1, -0.05) is 30.7 Å². The number of alkyl carbamates (subject to hydrolysis) is 1. The fourth-order valence-corrected chi connectivity index (χ4v) is 3.86. The topological polar surface area (TPSA) is 87.7 Å². The van der Waals surface area contributed by atoms with Crippen molar-refractivity contribution in [2.75, 3.05) is 0 Å². The lowest BCUT2D eigenvalue weighted by molar-refractivity contribution is -0.143. The van der Waals surface area contributed by atoms with Crippen LogP contribution >= 0.6 is 0 Å². The van der Waals surface area contributed by atoms with Gasteiger partial charge in [-0.05, 0) is 78.9 Å². The lowest BCUT2D eigenvalue weighted by Crippen LogP contribution is -2.53. The highest BCUT2D eigenvalue weighted by atomic mass is 16.6. The number of aryl methyl sites for hydroxylation is 2. The van der Waals surface area contributed by atoms with Gasteiger partial charge >= 0.3 is 6.09 Å². The molecule has 4 atom stereocenters. The largest absolute Gasteiger partial charge is 0.444 e. The highest BCUT2D eigenvalue weighted by Crippen LogP contribution is 2.41. The molecule has 0 heterocycles. The van der Waals surface area contributed by atoms with Crippen LogP contribution in [0.2, 0.25) is 0 Å². The zero-order chi connectivity index (χ0) is 24.4. The Morgan fingerprint density at radius 1 is 1.09 bits per heavy atom. The molecule has 1 aliphatic rings. The van der Waals surface area contributed by atoms with Crippen molar-refractivity contribution in [3.63, 3.8) is 0 Å². The molecule has 2 rings (SSSR count). The monoisotopic (exact) mass is 445 g/mol. The molecule has 178 valence electrons. The molecule has 0 aliphatic heterocycles. The van der Waals surface area contributed by atoms with Crippen molar-refractivity contribution in [3.8, 4) is 0 Å². The maximum absolute atomic E-state index is 13.6. The van der Waals surface area contributed by atoms with Gasteiger partial charge in [0, 0.05) is 12.1 Å². The molecule has 2 N–H and O–H groups in total. The average Bonchev–Trinajstić information content (AvgIpc) is 3.33. The van der Waals surface area contributed by atoms with Gasteiger partial charge in [0.2, 0.25) is 11.8 Å². The first kappa shape index (κ1) is 25.7. The van der Waals surface area contributed by atoms with Crippen LogP contribution in [0, 0.1) is 19.8 Å². The van der Waals surface area contributed by atoms with E-state index in [4.69, 9.17) is 4.74 Å². The summed E-state index contributed by atoms with van der Waals surface area (Å²) in [5.74, 6) is -0.231. The van der Waals surface area contributed by atoms with E-state index in [1.165, 1.54) is 0 Å². The van der Waals surface area contributed by atoms with E-state index in [9.17, 15) is 14.4 Å². The van der Waals surface area contributed by atoms with Crippen LogP contribution in [0.4, 0.5) is 4.79 Å². The Hall–Kier alpha value is -2.57. The van der Waals surface area contributed by atoms with Gasteiger partial charge in [-0.25, -0.2) is 4.79 Å². The van der Waals surface area contributed by atoms with Gasteiger partial charge in [0.15, 0.2) is 0 Å². The Balaban J connectivity index is 2.41. The summed E-state index contributed by atoms with van der Waals surface area (Å²) >= 11 is 0. The Morgan fingerprint density at radius 2 is 1.69 bits per heavy atom. The predicted octanol–water partition coefficient (Wildman–Crippen LogP) is 4.02. The van der Waals surface area contributed by atoms with Crippen molar-refractivity contribution in [2.24, 2.45) is 5.92 Å². The van der Waals surface area contributed by atoms with Crippen LogP contribution in [-0.4, -0.2) is 46.5 Å². The summed E-state index contributed by atoms with van der Waals surface area (Å²) in [6.07, 6.45) is 0.165. The first-order chi connectivity index (χ1) is 14.7. The summed E-state index contributed by atoms with van der Waals surface area (Å²) in [5, 5.41) is 5.62. The third kappa shape index (κ3) is 6.71. The normalized spacial score (nSPS) is 19.7. The number of carbonyl (C=O) groups is 3. The smallest absolute Gasteiger partial charge is 0.408 e. The van der Waals surface area contributed by atoms with E-state index in [0.29, 0.717) is 0 Å². The molecule has 1 aromatic rings. The predicted molar refractivity (Wildman–Crippen MR) is 125 cm³/mol. The van der Waals surface area contributed by atoms with E-state index in [1.54, 1.807) is 32.6 Å². The first-order valence-electron chi connectivity index (χ1n) is 11.4. The third-order valence-electron chi connectivity index (χ3n) is 5.46. The Bertz CT molecular complexity index is 859. The molecule has 7 heteroatoms. The van der Waals surface area contributed by atoms with Crippen LogP contribution in [-0.2, 0) is 14.3 Å². The Labute approximate surface area is 192 Å². The Kier molecular flexibility index (Phi) is 7.97. The number of hydrogen-bond acceptors (Lipinski definition) is 4. The number of amides is 3. The molecule has 1 fully saturated rings. The molecular formula is C25H39N3O4. The van der Waals surface area contributed by atoms with Gasteiger partial charge in [-0.3, -0.25) is 9.59 Å². The average molecular weight is 446 g/mol. The number of hydrogen-bond donors (Lipinski definition) is 2. The van der Waals surface area contributed by atoms with Gasteiger partial charge in [-0.2, -0.15) is 0 Å². The number of rotatable bonds is 7. The molecule has 3 amide bonds. The van der Waals surface area contributed by atoms with E-state index < -0.39 is 23.8 Å². The van der Waals surface area contributed by atoms with Crippen molar-refractivity contribution in [2.45, 2.75) is 98.5 Å². The van der Waals surface area contributed by atoms with E-state index >= 15 is 0 Å². The second-order valence-electron chi connectivity index (χ2n) is 10.3. The SMILES string of the molecule is Cc1ccc(C(C(=O)NC(C)C)N(C(=O)C(C)NC(=O)OC(C)(C)C)C2CC2C)c(C)c1. The summed E-state index contributed by atoms with van der Waals surface area (Å²) in [6.45, 7) is 16.8. The molecule has 7 nitrogen and oxygen atoms in total. The van der Waals surface area contributed by atoms with E-state index in [1.807, 2.05) is 45.9 Å². The fourth-order valence-electron chi connectivity index (χ4n) is 3.86. The molecule has 0 aromatic heterocycles. The van der Waals surface area contributed by atoms with Gasteiger partial charge in [0.25, 0.3) is 0 Å².